The largest absolute Gasteiger partial charge is 0.462 e. The lowest BCUT2D eigenvalue weighted by atomic mass is 9.98. The van der Waals surface area contributed by atoms with Gasteiger partial charge in [-0.05, 0) is 37.4 Å². The molecule has 1 aromatic rings. The van der Waals surface area contributed by atoms with Crippen LogP contribution in [-0.4, -0.2) is 13.7 Å². The third kappa shape index (κ3) is 4.83. The normalized spacial score (nSPS) is 14.7. The number of methoxy groups -OCH3 is 1. The van der Waals surface area contributed by atoms with Gasteiger partial charge in [0.05, 0.1) is 6.04 Å². The van der Waals surface area contributed by atoms with Gasteiger partial charge in [-0.3, -0.25) is 0 Å². The molecule has 1 rings (SSSR count). The summed E-state index contributed by atoms with van der Waals surface area (Å²) in [6.45, 7) is 8.29. The Bertz CT molecular complexity index is 322. The maximum atomic E-state index is 5.84. The summed E-state index contributed by atoms with van der Waals surface area (Å²) in [5.41, 5.74) is 0. The molecule has 104 valence electrons. The molecule has 0 aromatic carbocycles. The van der Waals surface area contributed by atoms with Gasteiger partial charge < -0.3 is 14.5 Å². The average Bonchev–Trinajstić information content (AvgIpc) is 2.83. The van der Waals surface area contributed by atoms with Crippen LogP contribution in [-0.2, 0) is 11.3 Å². The van der Waals surface area contributed by atoms with Gasteiger partial charge in [0.15, 0.2) is 0 Å². The van der Waals surface area contributed by atoms with Gasteiger partial charge in [0.1, 0.15) is 18.1 Å². The summed E-state index contributed by atoms with van der Waals surface area (Å²) >= 11 is 0. The molecule has 0 spiro atoms. The van der Waals surface area contributed by atoms with E-state index in [0.717, 1.165) is 30.9 Å². The van der Waals surface area contributed by atoms with Gasteiger partial charge in [0, 0.05) is 7.11 Å². The first-order valence-corrected chi connectivity index (χ1v) is 7.02. The molecule has 0 radical (unpaired) electrons. The van der Waals surface area contributed by atoms with Gasteiger partial charge in [-0.1, -0.05) is 27.2 Å². The SMILES string of the molecule is CCCNC(CC(C)CC)c1ccc(COC)o1. The first-order chi connectivity index (χ1) is 8.71. The highest BCUT2D eigenvalue weighted by Gasteiger charge is 2.17. The van der Waals surface area contributed by atoms with E-state index in [1.165, 1.54) is 6.42 Å². The quantitative estimate of drug-likeness (QED) is 0.724. The zero-order valence-electron chi connectivity index (χ0n) is 12.2. The summed E-state index contributed by atoms with van der Waals surface area (Å²) in [7, 11) is 1.69. The molecule has 3 heteroatoms. The van der Waals surface area contributed by atoms with E-state index >= 15 is 0 Å². The van der Waals surface area contributed by atoms with Crippen LogP contribution in [0.15, 0.2) is 16.5 Å². The van der Waals surface area contributed by atoms with Crippen molar-refractivity contribution in [3.8, 4) is 0 Å². The molecular weight excluding hydrogens is 226 g/mol. The van der Waals surface area contributed by atoms with Gasteiger partial charge in [0.2, 0.25) is 0 Å². The lowest BCUT2D eigenvalue weighted by Gasteiger charge is -2.19. The molecule has 18 heavy (non-hydrogen) atoms. The van der Waals surface area contributed by atoms with Crippen LogP contribution in [0.5, 0.6) is 0 Å². The van der Waals surface area contributed by atoms with Gasteiger partial charge in [-0.2, -0.15) is 0 Å². The van der Waals surface area contributed by atoms with E-state index in [-0.39, 0.29) is 0 Å². The fourth-order valence-corrected chi connectivity index (χ4v) is 1.99. The Morgan fingerprint density at radius 2 is 2.11 bits per heavy atom. The number of furan rings is 1. The molecule has 0 aliphatic rings. The summed E-state index contributed by atoms with van der Waals surface area (Å²) in [5.74, 6) is 2.64. The van der Waals surface area contributed by atoms with Gasteiger partial charge in [0.25, 0.3) is 0 Å². The van der Waals surface area contributed by atoms with Crippen molar-refractivity contribution in [1.82, 2.24) is 5.32 Å². The topological polar surface area (TPSA) is 34.4 Å². The number of nitrogens with one attached hydrogen (secondary N) is 1. The van der Waals surface area contributed by atoms with E-state index in [2.05, 4.69) is 32.2 Å². The molecule has 2 atom stereocenters. The van der Waals surface area contributed by atoms with E-state index in [0.29, 0.717) is 18.6 Å². The van der Waals surface area contributed by atoms with Crippen molar-refractivity contribution < 1.29 is 9.15 Å². The molecule has 1 heterocycles. The Kier molecular flexibility index (Phi) is 7.06. The zero-order valence-corrected chi connectivity index (χ0v) is 12.2. The molecule has 0 aliphatic heterocycles. The van der Waals surface area contributed by atoms with Crippen LogP contribution >= 0.6 is 0 Å². The highest BCUT2D eigenvalue weighted by atomic mass is 16.5. The number of ether oxygens (including phenoxy) is 1. The van der Waals surface area contributed by atoms with E-state index in [4.69, 9.17) is 9.15 Å². The highest BCUT2D eigenvalue weighted by Crippen LogP contribution is 2.25. The molecule has 3 nitrogen and oxygen atoms in total. The average molecular weight is 253 g/mol. The first-order valence-electron chi connectivity index (χ1n) is 7.02. The number of rotatable bonds is 9. The maximum absolute atomic E-state index is 5.84. The fourth-order valence-electron chi connectivity index (χ4n) is 1.99. The smallest absolute Gasteiger partial charge is 0.129 e. The summed E-state index contributed by atoms with van der Waals surface area (Å²) < 4.78 is 10.9. The molecule has 0 saturated heterocycles. The van der Waals surface area contributed by atoms with E-state index in [9.17, 15) is 0 Å². The predicted molar refractivity (Wildman–Crippen MR) is 74.5 cm³/mol. The van der Waals surface area contributed by atoms with Crippen molar-refractivity contribution in [3.63, 3.8) is 0 Å². The molecule has 1 aromatic heterocycles. The van der Waals surface area contributed by atoms with Gasteiger partial charge in [-0.15, -0.1) is 0 Å². The molecule has 0 fully saturated rings. The van der Waals surface area contributed by atoms with Crippen molar-refractivity contribution in [3.05, 3.63) is 23.7 Å². The first kappa shape index (κ1) is 15.3. The second kappa shape index (κ2) is 8.33. The fraction of sp³-hybridized carbons (Fsp3) is 0.733. The summed E-state index contributed by atoms with van der Waals surface area (Å²) in [4.78, 5) is 0. The van der Waals surface area contributed by atoms with E-state index in [1.54, 1.807) is 7.11 Å². The second-order valence-corrected chi connectivity index (χ2v) is 4.99. The summed E-state index contributed by atoms with van der Waals surface area (Å²) in [5, 5.41) is 3.57. The monoisotopic (exact) mass is 253 g/mol. The maximum Gasteiger partial charge on any atom is 0.129 e. The molecule has 0 bridgehead atoms. The van der Waals surface area contributed by atoms with Crippen LogP contribution in [0.2, 0.25) is 0 Å². The second-order valence-electron chi connectivity index (χ2n) is 4.99. The lowest BCUT2D eigenvalue weighted by Crippen LogP contribution is -2.23. The lowest BCUT2D eigenvalue weighted by molar-refractivity contribution is 0.160. The van der Waals surface area contributed by atoms with Crippen LogP contribution in [0, 0.1) is 5.92 Å². The van der Waals surface area contributed by atoms with Crippen LogP contribution in [0.4, 0.5) is 0 Å². The molecule has 0 aliphatic carbocycles. The predicted octanol–water partition coefficient (Wildman–Crippen LogP) is 3.90. The standard InChI is InChI=1S/C15H27NO2/c1-5-9-16-14(10-12(3)6-2)15-8-7-13(18-15)11-17-4/h7-8,12,14,16H,5-6,9-11H2,1-4H3. The summed E-state index contributed by atoms with van der Waals surface area (Å²) in [6.07, 6.45) is 3.47. The number of hydrogen-bond acceptors (Lipinski definition) is 3. The van der Waals surface area contributed by atoms with Crippen LogP contribution in [0.25, 0.3) is 0 Å². The Hall–Kier alpha value is -0.800. The third-order valence-electron chi connectivity index (χ3n) is 3.29. The minimum atomic E-state index is 0.325. The van der Waals surface area contributed by atoms with E-state index < -0.39 is 0 Å². The van der Waals surface area contributed by atoms with Crippen molar-refractivity contribution >= 4 is 0 Å². The molecular formula is C15H27NO2. The van der Waals surface area contributed by atoms with E-state index in [1.807, 2.05) is 6.07 Å². The Balaban J connectivity index is 2.66. The third-order valence-corrected chi connectivity index (χ3v) is 3.29. The van der Waals surface area contributed by atoms with Gasteiger partial charge >= 0.3 is 0 Å². The molecule has 2 unspecified atom stereocenters. The van der Waals surface area contributed by atoms with Crippen LogP contribution in [0.1, 0.15) is 57.6 Å². The zero-order chi connectivity index (χ0) is 13.4. The van der Waals surface area contributed by atoms with Crippen molar-refractivity contribution in [2.24, 2.45) is 5.92 Å². The van der Waals surface area contributed by atoms with Crippen molar-refractivity contribution in [2.45, 2.75) is 52.7 Å². The summed E-state index contributed by atoms with van der Waals surface area (Å²) in [6, 6.07) is 4.41. The van der Waals surface area contributed by atoms with Gasteiger partial charge in [-0.25, -0.2) is 0 Å². The molecule has 1 N–H and O–H groups in total. The Morgan fingerprint density at radius 3 is 2.72 bits per heavy atom. The minimum absolute atomic E-state index is 0.325. The van der Waals surface area contributed by atoms with Crippen LogP contribution < -0.4 is 5.32 Å². The van der Waals surface area contributed by atoms with Crippen molar-refractivity contribution in [1.29, 1.82) is 0 Å². The number of hydrogen-bond donors (Lipinski definition) is 1. The minimum Gasteiger partial charge on any atom is -0.462 e. The molecule has 0 saturated carbocycles. The Morgan fingerprint density at radius 1 is 1.33 bits per heavy atom. The highest BCUT2D eigenvalue weighted by molar-refractivity contribution is 5.10. The molecule has 0 amide bonds. The van der Waals surface area contributed by atoms with Crippen LogP contribution in [0.3, 0.4) is 0 Å². The Labute approximate surface area is 111 Å². The van der Waals surface area contributed by atoms with Crippen molar-refractivity contribution in [2.75, 3.05) is 13.7 Å².